The lowest BCUT2D eigenvalue weighted by Crippen LogP contribution is -2.49. The topological polar surface area (TPSA) is 12.0 Å². The summed E-state index contributed by atoms with van der Waals surface area (Å²) in [4.78, 5) is 2.90. The monoisotopic (exact) mass is 263 g/mol. The molecule has 2 aliphatic rings. The number of thiophene rings is 1. The van der Waals surface area contributed by atoms with E-state index in [1.165, 1.54) is 29.0 Å². The zero-order chi connectivity index (χ0) is 13.0. The molecule has 3 atom stereocenters. The van der Waals surface area contributed by atoms with Gasteiger partial charge < -0.3 is 5.32 Å². The van der Waals surface area contributed by atoms with Gasteiger partial charge in [0.25, 0.3) is 0 Å². The SMILES string of the molecule is Cc1ccc(CNC2C(C)(C)[C@H]3CC[C@]2(C)C3)s1. The molecule has 0 saturated heterocycles. The molecule has 1 aromatic rings. The van der Waals surface area contributed by atoms with Crippen LogP contribution in [0.4, 0.5) is 0 Å². The number of hydrogen-bond acceptors (Lipinski definition) is 2. The van der Waals surface area contributed by atoms with Gasteiger partial charge in [-0.3, -0.25) is 0 Å². The summed E-state index contributed by atoms with van der Waals surface area (Å²) >= 11 is 1.93. The Bertz CT molecular complexity index is 443. The Kier molecular flexibility index (Phi) is 2.87. The Morgan fingerprint density at radius 1 is 1.33 bits per heavy atom. The lowest BCUT2D eigenvalue weighted by Gasteiger charge is -2.43. The summed E-state index contributed by atoms with van der Waals surface area (Å²) in [5, 5.41) is 3.88. The summed E-state index contributed by atoms with van der Waals surface area (Å²) in [6, 6.07) is 5.19. The van der Waals surface area contributed by atoms with Crippen molar-refractivity contribution in [3.63, 3.8) is 0 Å². The molecule has 2 bridgehead atoms. The predicted octanol–water partition coefficient (Wildman–Crippen LogP) is 4.36. The molecule has 100 valence electrons. The molecule has 1 unspecified atom stereocenters. The first-order valence-corrected chi connectivity index (χ1v) is 8.02. The number of hydrogen-bond donors (Lipinski definition) is 1. The average Bonchev–Trinajstić information content (AvgIpc) is 2.89. The van der Waals surface area contributed by atoms with E-state index in [9.17, 15) is 0 Å². The summed E-state index contributed by atoms with van der Waals surface area (Å²) in [5.41, 5.74) is 1.01. The van der Waals surface area contributed by atoms with Crippen molar-refractivity contribution in [2.45, 2.75) is 59.5 Å². The molecular formula is C16H25NS. The van der Waals surface area contributed by atoms with Crippen LogP contribution in [0.3, 0.4) is 0 Å². The van der Waals surface area contributed by atoms with Gasteiger partial charge in [0.15, 0.2) is 0 Å². The first-order chi connectivity index (χ1) is 8.42. The standard InChI is InChI=1S/C16H25NS/c1-11-5-6-13(18-11)10-17-14-15(2,3)12-7-8-16(14,4)9-12/h5-6,12,14,17H,7-10H2,1-4H3/t12-,14?,16+/m0/s1. The molecular weight excluding hydrogens is 238 g/mol. The number of nitrogens with one attached hydrogen (secondary N) is 1. The molecule has 0 aliphatic heterocycles. The van der Waals surface area contributed by atoms with Crippen molar-refractivity contribution in [3.05, 3.63) is 21.9 Å². The minimum Gasteiger partial charge on any atom is -0.308 e. The van der Waals surface area contributed by atoms with Gasteiger partial charge in [-0.15, -0.1) is 11.3 Å². The van der Waals surface area contributed by atoms with Crippen molar-refractivity contribution in [1.29, 1.82) is 0 Å². The van der Waals surface area contributed by atoms with Crippen LogP contribution < -0.4 is 5.32 Å². The first kappa shape index (κ1) is 12.7. The summed E-state index contributed by atoms with van der Waals surface area (Å²) in [6.07, 6.45) is 4.29. The molecule has 1 aromatic heterocycles. The van der Waals surface area contributed by atoms with Crippen LogP contribution in [-0.2, 0) is 6.54 Å². The van der Waals surface area contributed by atoms with Crippen molar-refractivity contribution in [2.75, 3.05) is 0 Å². The molecule has 0 spiro atoms. The van der Waals surface area contributed by atoms with Gasteiger partial charge in [-0.05, 0) is 55.1 Å². The summed E-state index contributed by atoms with van der Waals surface area (Å²) in [6.45, 7) is 10.7. The molecule has 0 aromatic carbocycles. The van der Waals surface area contributed by atoms with Gasteiger partial charge in [0.05, 0.1) is 0 Å². The number of rotatable bonds is 3. The largest absolute Gasteiger partial charge is 0.308 e. The van der Waals surface area contributed by atoms with Crippen LogP contribution in [0.1, 0.15) is 49.8 Å². The van der Waals surface area contributed by atoms with E-state index >= 15 is 0 Å². The Balaban J connectivity index is 1.72. The average molecular weight is 263 g/mol. The quantitative estimate of drug-likeness (QED) is 0.854. The highest BCUT2D eigenvalue weighted by Crippen LogP contribution is 2.62. The molecule has 0 amide bonds. The molecule has 1 N–H and O–H groups in total. The third-order valence-electron chi connectivity index (χ3n) is 5.55. The predicted molar refractivity (Wildman–Crippen MR) is 78.9 cm³/mol. The van der Waals surface area contributed by atoms with Crippen LogP contribution >= 0.6 is 11.3 Å². The summed E-state index contributed by atoms with van der Waals surface area (Å²) < 4.78 is 0. The van der Waals surface area contributed by atoms with Gasteiger partial charge in [0.2, 0.25) is 0 Å². The fourth-order valence-corrected chi connectivity index (χ4v) is 5.44. The summed E-state index contributed by atoms with van der Waals surface area (Å²) in [7, 11) is 0. The minimum absolute atomic E-state index is 0.472. The number of fused-ring (bicyclic) bond motifs is 2. The van der Waals surface area contributed by atoms with Crippen molar-refractivity contribution < 1.29 is 0 Å². The van der Waals surface area contributed by atoms with Gasteiger partial charge >= 0.3 is 0 Å². The van der Waals surface area contributed by atoms with Gasteiger partial charge in [-0.1, -0.05) is 20.8 Å². The second-order valence-electron chi connectivity index (χ2n) is 7.24. The van der Waals surface area contributed by atoms with E-state index in [1.807, 2.05) is 11.3 Å². The van der Waals surface area contributed by atoms with Crippen molar-refractivity contribution in [2.24, 2.45) is 16.7 Å². The molecule has 2 aliphatic carbocycles. The van der Waals surface area contributed by atoms with Gasteiger partial charge in [-0.2, -0.15) is 0 Å². The van der Waals surface area contributed by atoms with Crippen molar-refractivity contribution in [1.82, 2.24) is 5.32 Å². The molecule has 3 rings (SSSR count). The highest BCUT2D eigenvalue weighted by Gasteiger charge is 2.58. The Morgan fingerprint density at radius 2 is 2.11 bits per heavy atom. The number of aryl methyl sites for hydroxylation is 1. The van der Waals surface area contributed by atoms with Crippen LogP contribution in [0.5, 0.6) is 0 Å². The van der Waals surface area contributed by atoms with E-state index in [0.29, 0.717) is 16.9 Å². The Hall–Kier alpha value is -0.340. The highest BCUT2D eigenvalue weighted by molar-refractivity contribution is 7.11. The molecule has 1 heterocycles. The van der Waals surface area contributed by atoms with E-state index in [4.69, 9.17) is 0 Å². The highest BCUT2D eigenvalue weighted by atomic mass is 32.1. The maximum atomic E-state index is 3.88. The molecule has 18 heavy (non-hydrogen) atoms. The van der Waals surface area contributed by atoms with E-state index < -0.39 is 0 Å². The third-order valence-corrected chi connectivity index (χ3v) is 6.55. The first-order valence-electron chi connectivity index (χ1n) is 7.20. The Morgan fingerprint density at radius 3 is 2.67 bits per heavy atom. The zero-order valence-electron chi connectivity index (χ0n) is 12.0. The second-order valence-corrected chi connectivity index (χ2v) is 8.61. The fraction of sp³-hybridized carbons (Fsp3) is 0.750. The lowest BCUT2D eigenvalue weighted by molar-refractivity contribution is 0.108. The zero-order valence-corrected chi connectivity index (χ0v) is 12.9. The minimum atomic E-state index is 0.472. The Labute approximate surface area is 115 Å². The van der Waals surface area contributed by atoms with Gasteiger partial charge in [0.1, 0.15) is 0 Å². The molecule has 2 saturated carbocycles. The fourth-order valence-electron chi connectivity index (χ4n) is 4.59. The van der Waals surface area contributed by atoms with E-state index in [-0.39, 0.29) is 0 Å². The van der Waals surface area contributed by atoms with Crippen molar-refractivity contribution >= 4 is 11.3 Å². The normalized spacial score (nSPS) is 37.3. The summed E-state index contributed by atoms with van der Waals surface area (Å²) in [5.74, 6) is 0.935. The molecule has 2 fully saturated rings. The third kappa shape index (κ3) is 1.85. The second kappa shape index (κ2) is 4.08. The van der Waals surface area contributed by atoms with E-state index in [1.54, 1.807) is 0 Å². The van der Waals surface area contributed by atoms with E-state index in [0.717, 1.165) is 12.5 Å². The van der Waals surface area contributed by atoms with Crippen LogP contribution in [0.2, 0.25) is 0 Å². The van der Waals surface area contributed by atoms with Gasteiger partial charge in [-0.25, -0.2) is 0 Å². The molecule has 0 radical (unpaired) electrons. The maximum Gasteiger partial charge on any atom is 0.0302 e. The van der Waals surface area contributed by atoms with E-state index in [2.05, 4.69) is 45.1 Å². The van der Waals surface area contributed by atoms with Crippen LogP contribution in [0.25, 0.3) is 0 Å². The molecule has 2 heteroatoms. The smallest absolute Gasteiger partial charge is 0.0302 e. The van der Waals surface area contributed by atoms with Crippen molar-refractivity contribution in [3.8, 4) is 0 Å². The van der Waals surface area contributed by atoms with Crippen LogP contribution in [0, 0.1) is 23.7 Å². The van der Waals surface area contributed by atoms with Crippen LogP contribution in [0.15, 0.2) is 12.1 Å². The lowest BCUT2D eigenvalue weighted by atomic mass is 9.68. The molecule has 1 nitrogen and oxygen atoms in total. The maximum absolute atomic E-state index is 3.88. The van der Waals surface area contributed by atoms with Gasteiger partial charge in [0, 0.05) is 22.3 Å². The van der Waals surface area contributed by atoms with Crippen LogP contribution in [-0.4, -0.2) is 6.04 Å².